The predicted molar refractivity (Wildman–Crippen MR) is 76.7 cm³/mol. The molecule has 0 aromatic carbocycles. The summed E-state index contributed by atoms with van der Waals surface area (Å²) < 4.78 is 13.3. The van der Waals surface area contributed by atoms with Gasteiger partial charge in [-0.05, 0) is 37.7 Å². The van der Waals surface area contributed by atoms with Gasteiger partial charge < -0.3 is 14.8 Å². The Kier molecular flexibility index (Phi) is 4.70. The first-order valence-corrected chi connectivity index (χ1v) is 7.82. The fourth-order valence-electron chi connectivity index (χ4n) is 3.20. The number of aromatic nitrogens is 2. The molecule has 0 spiro atoms. The van der Waals surface area contributed by atoms with Crippen LogP contribution in [0.25, 0.3) is 0 Å². The van der Waals surface area contributed by atoms with Crippen LogP contribution in [-0.2, 0) is 22.4 Å². The molecule has 112 valence electrons. The Labute approximate surface area is 120 Å². The summed E-state index contributed by atoms with van der Waals surface area (Å²) in [5.41, 5.74) is 2.73. The maximum atomic E-state index is 5.62. The van der Waals surface area contributed by atoms with Crippen molar-refractivity contribution < 1.29 is 9.47 Å². The van der Waals surface area contributed by atoms with E-state index in [2.05, 4.69) is 21.3 Å². The molecule has 0 aliphatic carbocycles. The SMILES string of the molecule is CCOC[C@H]1NCCc2cnn(CC3CCOCC3)c21. The van der Waals surface area contributed by atoms with E-state index in [-0.39, 0.29) is 0 Å². The molecular formula is C15H25N3O2. The quantitative estimate of drug-likeness (QED) is 0.888. The second-order valence-electron chi connectivity index (χ2n) is 5.71. The Hall–Kier alpha value is -0.910. The lowest BCUT2D eigenvalue weighted by molar-refractivity contribution is 0.0590. The fraction of sp³-hybridized carbons (Fsp3) is 0.800. The minimum atomic E-state index is 0.293. The summed E-state index contributed by atoms with van der Waals surface area (Å²) in [7, 11) is 0. The van der Waals surface area contributed by atoms with Crippen molar-refractivity contribution in [3.63, 3.8) is 0 Å². The first kappa shape index (κ1) is 14.0. The van der Waals surface area contributed by atoms with Crippen LogP contribution < -0.4 is 5.32 Å². The van der Waals surface area contributed by atoms with Crippen molar-refractivity contribution in [1.29, 1.82) is 0 Å². The van der Waals surface area contributed by atoms with Crippen LogP contribution in [0.1, 0.15) is 37.1 Å². The van der Waals surface area contributed by atoms with E-state index < -0.39 is 0 Å². The van der Waals surface area contributed by atoms with Crippen molar-refractivity contribution in [2.45, 2.75) is 38.8 Å². The highest BCUT2D eigenvalue weighted by Gasteiger charge is 2.26. The number of nitrogens with zero attached hydrogens (tertiary/aromatic N) is 2. The van der Waals surface area contributed by atoms with Gasteiger partial charge in [-0.3, -0.25) is 4.68 Å². The number of nitrogens with one attached hydrogen (secondary N) is 1. The molecule has 0 radical (unpaired) electrons. The largest absolute Gasteiger partial charge is 0.381 e. The van der Waals surface area contributed by atoms with Gasteiger partial charge in [0.2, 0.25) is 0 Å². The molecule has 20 heavy (non-hydrogen) atoms. The van der Waals surface area contributed by atoms with Gasteiger partial charge in [-0.25, -0.2) is 0 Å². The number of fused-ring (bicyclic) bond motifs is 1. The van der Waals surface area contributed by atoms with Gasteiger partial charge in [0.15, 0.2) is 0 Å². The summed E-state index contributed by atoms with van der Waals surface area (Å²) in [4.78, 5) is 0. The molecule has 5 nitrogen and oxygen atoms in total. The number of hydrogen-bond acceptors (Lipinski definition) is 4. The molecule has 3 rings (SSSR count). The van der Waals surface area contributed by atoms with Gasteiger partial charge in [0.05, 0.1) is 24.5 Å². The van der Waals surface area contributed by atoms with E-state index in [1.54, 1.807) is 0 Å². The predicted octanol–water partition coefficient (Wildman–Crippen LogP) is 1.53. The second kappa shape index (κ2) is 6.70. The van der Waals surface area contributed by atoms with E-state index in [1.807, 2.05) is 6.92 Å². The molecule has 1 N–H and O–H groups in total. The highest BCUT2D eigenvalue weighted by atomic mass is 16.5. The normalized spacial score (nSPS) is 23.8. The third kappa shape index (κ3) is 3.05. The molecular weight excluding hydrogens is 254 g/mol. The molecule has 1 saturated heterocycles. The van der Waals surface area contributed by atoms with Gasteiger partial charge in [-0.15, -0.1) is 0 Å². The van der Waals surface area contributed by atoms with Crippen molar-refractivity contribution in [3.05, 3.63) is 17.5 Å². The molecule has 0 bridgehead atoms. The Bertz CT molecular complexity index is 427. The Morgan fingerprint density at radius 3 is 3.10 bits per heavy atom. The summed E-state index contributed by atoms with van der Waals surface area (Å²) in [5, 5.41) is 8.19. The van der Waals surface area contributed by atoms with Gasteiger partial charge in [0.1, 0.15) is 0 Å². The molecule has 0 unspecified atom stereocenters. The summed E-state index contributed by atoms with van der Waals surface area (Å²) >= 11 is 0. The molecule has 0 saturated carbocycles. The first-order valence-electron chi connectivity index (χ1n) is 7.82. The molecule has 1 fully saturated rings. The third-order valence-electron chi connectivity index (χ3n) is 4.34. The zero-order chi connectivity index (χ0) is 13.8. The summed E-state index contributed by atoms with van der Waals surface area (Å²) in [6.07, 6.45) is 5.43. The van der Waals surface area contributed by atoms with E-state index in [0.29, 0.717) is 12.0 Å². The Morgan fingerprint density at radius 1 is 1.45 bits per heavy atom. The standard InChI is InChI=1S/C15H25N3O2/c1-2-19-11-14-15-13(3-6-16-14)9-17-18(15)10-12-4-7-20-8-5-12/h9,12,14,16H,2-8,10-11H2,1H3/t14-/m1/s1. The molecule has 0 amide bonds. The van der Waals surface area contributed by atoms with Crippen molar-refractivity contribution in [2.24, 2.45) is 5.92 Å². The average molecular weight is 279 g/mol. The van der Waals surface area contributed by atoms with Crippen LogP contribution in [0.3, 0.4) is 0 Å². The van der Waals surface area contributed by atoms with Crippen molar-refractivity contribution in [3.8, 4) is 0 Å². The van der Waals surface area contributed by atoms with Crippen molar-refractivity contribution in [2.75, 3.05) is 33.0 Å². The van der Waals surface area contributed by atoms with Crippen LogP contribution in [0.2, 0.25) is 0 Å². The highest BCUT2D eigenvalue weighted by Crippen LogP contribution is 2.25. The topological polar surface area (TPSA) is 48.3 Å². The van der Waals surface area contributed by atoms with E-state index >= 15 is 0 Å². The van der Waals surface area contributed by atoms with Crippen LogP contribution in [-0.4, -0.2) is 42.8 Å². The van der Waals surface area contributed by atoms with Crippen LogP contribution in [0.4, 0.5) is 0 Å². The lowest BCUT2D eigenvalue weighted by Gasteiger charge is -2.28. The van der Waals surface area contributed by atoms with Crippen LogP contribution in [0.15, 0.2) is 6.20 Å². The number of hydrogen-bond donors (Lipinski definition) is 1. The minimum Gasteiger partial charge on any atom is -0.381 e. The van der Waals surface area contributed by atoms with E-state index in [0.717, 1.165) is 58.8 Å². The van der Waals surface area contributed by atoms with Crippen molar-refractivity contribution in [1.82, 2.24) is 15.1 Å². The van der Waals surface area contributed by atoms with Gasteiger partial charge in [0.25, 0.3) is 0 Å². The van der Waals surface area contributed by atoms with Gasteiger partial charge in [-0.1, -0.05) is 0 Å². The van der Waals surface area contributed by atoms with Gasteiger partial charge >= 0.3 is 0 Å². The average Bonchev–Trinajstić information content (AvgIpc) is 2.90. The lowest BCUT2D eigenvalue weighted by Crippen LogP contribution is -2.35. The molecule has 2 aliphatic heterocycles. The van der Waals surface area contributed by atoms with Crippen LogP contribution in [0.5, 0.6) is 0 Å². The zero-order valence-corrected chi connectivity index (χ0v) is 12.3. The summed E-state index contributed by atoms with van der Waals surface area (Å²) in [5.74, 6) is 0.697. The van der Waals surface area contributed by atoms with Crippen LogP contribution in [0, 0.1) is 5.92 Å². The Morgan fingerprint density at radius 2 is 2.30 bits per heavy atom. The minimum absolute atomic E-state index is 0.293. The van der Waals surface area contributed by atoms with E-state index in [4.69, 9.17) is 9.47 Å². The molecule has 3 heterocycles. The molecule has 1 aromatic rings. The maximum absolute atomic E-state index is 5.62. The molecule has 1 aromatic heterocycles. The molecule has 1 atom stereocenters. The fourth-order valence-corrected chi connectivity index (χ4v) is 3.20. The highest BCUT2D eigenvalue weighted by molar-refractivity contribution is 5.24. The zero-order valence-electron chi connectivity index (χ0n) is 12.3. The molecule has 2 aliphatic rings. The molecule has 5 heteroatoms. The third-order valence-corrected chi connectivity index (χ3v) is 4.34. The lowest BCUT2D eigenvalue weighted by atomic mass is 9.99. The maximum Gasteiger partial charge on any atom is 0.0732 e. The number of rotatable bonds is 5. The van der Waals surface area contributed by atoms with E-state index in [9.17, 15) is 0 Å². The Balaban J connectivity index is 1.73. The first-order chi connectivity index (χ1) is 9.88. The van der Waals surface area contributed by atoms with Crippen molar-refractivity contribution >= 4 is 0 Å². The smallest absolute Gasteiger partial charge is 0.0732 e. The van der Waals surface area contributed by atoms with E-state index in [1.165, 1.54) is 11.3 Å². The second-order valence-corrected chi connectivity index (χ2v) is 5.71. The monoisotopic (exact) mass is 279 g/mol. The van der Waals surface area contributed by atoms with Gasteiger partial charge in [-0.2, -0.15) is 5.10 Å². The van der Waals surface area contributed by atoms with Gasteiger partial charge in [0, 0.05) is 32.9 Å². The number of ether oxygens (including phenoxy) is 2. The summed E-state index contributed by atoms with van der Waals surface area (Å²) in [6, 6.07) is 0.293. The van der Waals surface area contributed by atoms with Crippen LogP contribution >= 0.6 is 0 Å². The summed E-state index contributed by atoms with van der Waals surface area (Å²) in [6.45, 7) is 7.38.